The number of piperidine rings is 1. The third-order valence-corrected chi connectivity index (χ3v) is 10.9. The lowest BCUT2D eigenvalue weighted by Crippen LogP contribution is -2.47. The molecule has 0 radical (unpaired) electrons. The van der Waals surface area contributed by atoms with Crippen LogP contribution in [0, 0.1) is 0 Å². The van der Waals surface area contributed by atoms with Crippen LogP contribution in [0.25, 0.3) is 11.0 Å². The molecule has 4 heterocycles. The fourth-order valence-electron chi connectivity index (χ4n) is 5.27. The minimum atomic E-state index is -3.67. The number of ether oxygens (including phenoxy) is 2. The molecule has 218 valence electrons. The quantitative estimate of drug-likeness (QED) is 0.310. The van der Waals surface area contributed by atoms with Crippen LogP contribution in [0.4, 0.5) is 0 Å². The van der Waals surface area contributed by atoms with E-state index in [1.54, 1.807) is 18.2 Å². The van der Waals surface area contributed by atoms with E-state index in [1.807, 2.05) is 23.9 Å². The lowest BCUT2D eigenvalue weighted by molar-refractivity contribution is -0.0312. The van der Waals surface area contributed by atoms with Gasteiger partial charge in [0.25, 0.3) is 0 Å². The molecule has 2 atom stereocenters. The summed E-state index contributed by atoms with van der Waals surface area (Å²) in [6.07, 6.45) is 4.34. The Balaban J connectivity index is 1.09. The Kier molecular flexibility index (Phi) is 8.21. The van der Waals surface area contributed by atoms with E-state index in [2.05, 4.69) is 15.0 Å². The van der Waals surface area contributed by atoms with Gasteiger partial charge in [0.1, 0.15) is 23.4 Å². The third-order valence-electron chi connectivity index (χ3n) is 7.66. The molecule has 1 aromatic carbocycles. The number of fused-ring (bicyclic) bond motifs is 1. The smallest absolute Gasteiger partial charge is 0.244 e. The molecule has 2 saturated heterocycles. The van der Waals surface area contributed by atoms with E-state index in [1.165, 1.54) is 29.7 Å². The minimum absolute atomic E-state index is 0.00893. The first-order chi connectivity index (χ1) is 19.0. The van der Waals surface area contributed by atoms with Gasteiger partial charge in [0, 0.05) is 51.2 Å². The van der Waals surface area contributed by atoms with Crippen molar-refractivity contribution in [2.75, 3.05) is 39.9 Å². The van der Waals surface area contributed by atoms with Crippen LogP contribution in [0.5, 0.6) is 5.75 Å². The Morgan fingerprint density at radius 1 is 1.18 bits per heavy atom. The topological polar surface area (TPSA) is 152 Å². The summed E-state index contributed by atoms with van der Waals surface area (Å²) >= 11 is 0. The first-order valence-corrected chi connectivity index (χ1v) is 16.1. The number of rotatable bonds is 10. The Hall–Kier alpha value is -2.59. The van der Waals surface area contributed by atoms with E-state index in [9.17, 15) is 21.9 Å². The highest BCUT2D eigenvalue weighted by molar-refractivity contribution is 7.89. The largest absolute Gasteiger partial charge is 0.491 e. The fourth-order valence-corrected chi connectivity index (χ4v) is 7.44. The molecular weight excluding hydrogens is 558 g/mol. The van der Waals surface area contributed by atoms with Gasteiger partial charge in [0.15, 0.2) is 0 Å². The average molecular weight is 594 g/mol. The summed E-state index contributed by atoms with van der Waals surface area (Å²) in [7, 11) is -4.06. The van der Waals surface area contributed by atoms with Crippen LogP contribution in [0.2, 0.25) is 0 Å². The molecule has 14 heteroatoms. The van der Waals surface area contributed by atoms with Crippen molar-refractivity contribution < 1.29 is 31.4 Å². The fraction of sp³-hybridized carbons (Fsp3) is 0.500. The first kappa shape index (κ1) is 28.9. The number of hydrogen-bond donors (Lipinski definition) is 3. The van der Waals surface area contributed by atoms with Gasteiger partial charge in [-0.2, -0.15) is 4.31 Å². The number of aromatic nitrogens is 2. The Morgan fingerprint density at radius 2 is 1.95 bits per heavy atom. The molecule has 2 aliphatic rings. The molecule has 0 amide bonds. The minimum Gasteiger partial charge on any atom is -0.491 e. The molecule has 12 nitrogen and oxygen atoms in total. The van der Waals surface area contributed by atoms with Crippen LogP contribution in [0.15, 0.2) is 58.6 Å². The van der Waals surface area contributed by atoms with Crippen molar-refractivity contribution >= 4 is 31.1 Å². The lowest BCUT2D eigenvalue weighted by atomic mass is 9.88. The molecule has 0 saturated carbocycles. The first-order valence-electron chi connectivity index (χ1n) is 13.1. The summed E-state index contributed by atoms with van der Waals surface area (Å²) in [5.74, 6) is 0.347. The zero-order valence-corrected chi connectivity index (χ0v) is 24.1. The maximum Gasteiger partial charge on any atom is 0.244 e. The van der Waals surface area contributed by atoms with Gasteiger partial charge in [-0.05, 0) is 50.6 Å². The van der Waals surface area contributed by atoms with Crippen LogP contribution >= 0.6 is 0 Å². The summed E-state index contributed by atoms with van der Waals surface area (Å²) in [4.78, 5) is 4.59. The van der Waals surface area contributed by atoms with Gasteiger partial charge in [-0.15, -0.1) is 0 Å². The zero-order valence-electron chi connectivity index (χ0n) is 22.5. The summed E-state index contributed by atoms with van der Waals surface area (Å²) in [6, 6.07) is 9.62. The highest BCUT2D eigenvalue weighted by atomic mass is 32.2. The van der Waals surface area contributed by atoms with E-state index in [0.717, 1.165) is 17.5 Å². The zero-order chi connectivity index (χ0) is 28.5. The van der Waals surface area contributed by atoms with E-state index in [4.69, 9.17) is 9.47 Å². The molecule has 2 fully saturated rings. The number of hydrogen-bond acceptors (Lipinski definition) is 9. The molecule has 2 unspecified atom stereocenters. The van der Waals surface area contributed by atoms with Crippen molar-refractivity contribution in [2.24, 2.45) is 7.05 Å². The van der Waals surface area contributed by atoms with Gasteiger partial charge in [-0.3, -0.25) is 4.98 Å². The second-order valence-electron chi connectivity index (χ2n) is 10.4. The number of sulfonamides is 2. The van der Waals surface area contributed by atoms with Crippen molar-refractivity contribution in [3.63, 3.8) is 0 Å². The molecule has 5 rings (SSSR count). The Bertz CT molecular complexity index is 1570. The average Bonchev–Trinajstić information content (AvgIpc) is 3.53. The Morgan fingerprint density at radius 3 is 2.70 bits per heavy atom. The normalized spacial score (nSPS) is 20.7. The SMILES string of the molecule is CNS(=O)(=O)c1cccc(OCC(O)CNC2COC3(CCN(S(=O)(=O)c4cnc5ccn(C)c5c4)CC3)C2)c1. The number of aliphatic hydroxyl groups excluding tert-OH is 1. The van der Waals surface area contributed by atoms with Crippen molar-refractivity contribution in [3.8, 4) is 5.75 Å². The van der Waals surface area contributed by atoms with Gasteiger partial charge in [-0.25, -0.2) is 21.6 Å². The van der Waals surface area contributed by atoms with Gasteiger partial charge < -0.3 is 24.5 Å². The Labute approximate surface area is 234 Å². The van der Waals surface area contributed by atoms with Gasteiger partial charge in [-0.1, -0.05) is 6.07 Å². The van der Waals surface area contributed by atoms with Crippen LogP contribution in [-0.2, 0) is 31.8 Å². The molecule has 1 spiro atoms. The highest BCUT2D eigenvalue weighted by Crippen LogP contribution is 2.37. The van der Waals surface area contributed by atoms with Crippen molar-refractivity contribution in [3.05, 3.63) is 48.8 Å². The molecule has 0 aliphatic carbocycles. The molecular formula is C26H35N5O7S2. The van der Waals surface area contributed by atoms with Gasteiger partial charge >= 0.3 is 0 Å². The van der Waals surface area contributed by atoms with E-state index >= 15 is 0 Å². The van der Waals surface area contributed by atoms with Gasteiger partial charge in [0.2, 0.25) is 20.0 Å². The molecule has 2 aliphatic heterocycles. The molecule has 40 heavy (non-hydrogen) atoms. The molecule has 2 aromatic heterocycles. The van der Waals surface area contributed by atoms with E-state index in [0.29, 0.717) is 38.3 Å². The monoisotopic (exact) mass is 593 g/mol. The lowest BCUT2D eigenvalue weighted by Gasteiger charge is -2.38. The number of benzene rings is 1. The predicted molar refractivity (Wildman–Crippen MR) is 148 cm³/mol. The van der Waals surface area contributed by atoms with Crippen LogP contribution in [-0.4, -0.2) is 93.4 Å². The number of nitrogens with zero attached hydrogens (tertiary/aromatic N) is 3. The predicted octanol–water partition coefficient (Wildman–Crippen LogP) is 0.823. The van der Waals surface area contributed by atoms with Crippen molar-refractivity contribution in [2.45, 2.75) is 46.8 Å². The number of pyridine rings is 1. The molecule has 3 aromatic rings. The summed E-state index contributed by atoms with van der Waals surface area (Å²) < 4.78 is 67.9. The van der Waals surface area contributed by atoms with Crippen LogP contribution < -0.4 is 14.8 Å². The highest BCUT2D eigenvalue weighted by Gasteiger charge is 2.44. The maximum atomic E-state index is 13.3. The maximum absolute atomic E-state index is 13.3. The third kappa shape index (κ3) is 6.03. The van der Waals surface area contributed by atoms with Crippen LogP contribution in [0.1, 0.15) is 19.3 Å². The molecule has 0 bridgehead atoms. The van der Waals surface area contributed by atoms with Gasteiger partial charge in [0.05, 0.1) is 28.1 Å². The summed E-state index contributed by atoms with van der Waals surface area (Å²) in [5.41, 5.74) is 1.12. The van der Waals surface area contributed by atoms with Crippen molar-refractivity contribution in [1.82, 2.24) is 23.9 Å². The second-order valence-corrected chi connectivity index (χ2v) is 14.2. The number of aliphatic hydroxyl groups is 1. The standard InChI is InChI=1S/C26H35N5O7S2/c1-27-39(33,34)22-5-3-4-21(12-22)37-18-20(32)15-28-19-14-26(38-17-19)7-10-31(11-8-26)40(35,36)23-13-25-24(29-16-23)6-9-30(25)2/h3-6,9,12-13,16,19-20,27-28,32H,7-8,10-11,14-15,17-18H2,1-2H3. The second kappa shape index (κ2) is 11.4. The van der Waals surface area contributed by atoms with Crippen molar-refractivity contribution in [1.29, 1.82) is 0 Å². The number of nitrogens with one attached hydrogen (secondary N) is 2. The molecule has 3 N–H and O–H groups in total. The van der Waals surface area contributed by atoms with Crippen LogP contribution in [0.3, 0.4) is 0 Å². The number of aryl methyl sites for hydroxylation is 1. The van der Waals surface area contributed by atoms with E-state index in [-0.39, 0.29) is 29.0 Å². The van der Waals surface area contributed by atoms with E-state index < -0.39 is 31.8 Å². The summed E-state index contributed by atoms with van der Waals surface area (Å²) in [5, 5.41) is 13.7. The summed E-state index contributed by atoms with van der Waals surface area (Å²) in [6.45, 7) is 1.45.